The van der Waals surface area contributed by atoms with Crippen molar-refractivity contribution in [2.75, 3.05) is 5.32 Å². The predicted molar refractivity (Wildman–Crippen MR) is 82.2 cm³/mol. The number of anilines is 1. The third-order valence-electron chi connectivity index (χ3n) is 3.01. The van der Waals surface area contributed by atoms with Crippen molar-refractivity contribution >= 4 is 5.95 Å². The first-order valence-electron chi connectivity index (χ1n) is 6.94. The molecule has 2 aromatic carbocycles. The zero-order chi connectivity index (χ0) is 16.1. The molecule has 0 atom stereocenters. The molecular weight excluding hydrogens is 300 g/mol. The summed E-state index contributed by atoms with van der Waals surface area (Å²) in [4.78, 5) is 8.27. The summed E-state index contributed by atoms with van der Waals surface area (Å²) >= 11 is 0. The minimum absolute atomic E-state index is 0.293. The molecule has 0 fully saturated rings. The van der Waals surface area contributed by atoms with Crippen LogP contribution in [0.3, 0.4) is 0 Å². The molecule has 0 saturated heterocycles. The van der Waals surface area contributed by atoms with Crippen LogP contribution >= 0.6 is 0 Å². The second-order valence-electron chi connectivity index (χ2n) is 4.76. The number of nitrogens with zero attached hydrogens (tertiary/aromatic N) is 2. The van der Waals surface area contributed by atoms with Crippen molar-refractivity contribution in [3.8, 4) is 11.6 Å². The van der Waals surface area contributed by atoms with Gasteiger partial charge in [0.25, 0.3) is 0 Å². The predicted octanol–water partition coefficient (Wildman–Crippen LogP) is 4.16. The zero-order valence-corrected chi connectivity index (χ0v) is 12.0. The molecule has 4 nitrogen and oxygen atoms in total. The lowest BCUT2D eigenvalue weighted by molar-refractivity contribution is 0.460. The Morgan fingerprint density at radius 1 is 0.957 bits per heavy atom. The molecule has 0 aliphatic rings. The monoisotopic (exact) mass is 313 g/mol. The molecule has 116 valence electrons. The minimum Gasteiger partial charge on any atom is -0.439 e. The van der Waals surface area contributed by atoms with Gasteiger partial charge in [-0.2, -0.15) is 4.98 Å². The fourth-order valence-electron chi connectivity index (χ4n) is 1.94. The van der Waals surface area contributed by atoms with E-state index in [2.05, 4.69) is 15.3 Å². The van der Waals surface area contributed by atoms with Crippen molar-refractivity contribution < 1.29 is 13.5 Å². The van der Waals surface area contributed by atoms with Crippen LogP contribution < -0.4 is 10.1 Å². The summed E-state index contributed by atoms with van der Waals surface area (Å²) in [5.41, 5.74) is 0.776. The Morgan fingerprint density at radius 3 is 2.57 bits per heavy atom. The van der Waals surface area contributed by atoms with E-state index in [-0.39, 0.29) is 11.6 Å². The van der Waals surface area contributed by atoms with Crippen LogP contribution in [0.4, 0.5) is 14.7 Å². The molecule has 6 heteroatoms. The van der Waals surface area contributed by atoms with Gasteiger partial charge < -0.3 is 10.1 Å². The molecule has 1 heterocycles. The molecule has 0 aliphatic carbocycles. The van der Waals surface area contributed by atoms with E-state index in [1.54, 1.807) is 24.4 Å². The average Bonchev–Trinajstić information content (AvgIpc) is 2.56. The molecule has 0 saturated carbocycles. The summed E-state index contributed by atoms with van der Waals surface area (Å²) in [5, 5.41) is 2.99. The van der Waals surface area contributed by atoms with Gasteiger partial charge in [-0.25, -0.2) is 13.8 Å². The Kier molecular flexibility index (Phi) is 4.42. The maximum absolute atomic E-state index is 13.1. The number of hydrogen-bond acceptors (Lipinski definition) is 4. The van der Waals surface area contributed by atoms with E-state index in [0.29, 0.717) is 24.1 Å². The Bertz CT molecular complexity index is 794. The third-order valence-corrected chi connectivity index (χ3v) is 3.01. The lowest BCUT2D eigenvalue weighted by atomic mass is 10.2. The first-order chi connectivity index (χ1) is 11.2. The number of nitrogens with one attached hydrogen (secondary N) is 1. The molecule has 3 aromatic rings. The van der Waals surface area contributed by atoms with Crippen LogP contribution in [0.1, 0.15) is 5.56 Å². The number of aromatic nitrogens is 2. The summed E-state index contributed by atoms with van der Waals surface area (Å²) in [7, 11) is 0. The molecule has 23 heavy (non-hydrogen) atoms. The summed E-state index contributed by atoms with van der Waals surface area (Å²) < 4.78 is 31.5. The summed E-state index contributed by atoms with van der Waals surface area (Å²) in [6, 6.07) is 13.5. The van der Waals surface area contributed by atoms with Gasteiger partial charge in [-0.15, -0.1) is 0 Å². The van der Waals surface area contributed by atoms with E-state index in [0.717, 1.165) is 5.56 Å². The molecule has 0 aliphatic heterocycles. The molecule has 1 aromatic heterocycles. The second-order valence-corrected chi connectivity index (χ2v) is 4.76. The lowest BCUT2D eigenvalue weighted by Gasteiger charge is -2.08. The van der Waals surface area contributed by atoms with Gasteiger partial charge in [0.05, 0.1) is 0 Å². The largest absolute Gasteiger partial charge is 0.439 e. The quantitative estimate of drug-likeness (QED) is 0.768. The Morgan fingerprint density at radius 2 is 1.78 bits per heavy atom. The molecule has 0 amide bonds. The molecule has 0 spiro atoms. The minimum atomic E-state index is -0.336. The van der Waals surface area contributed by atoms with E-state index >= 15 is 0 Å². The molecule has 3 rings (SSSR count). The number of halogens is 2. The van der Waals surface area contributed by atoms with Gasteiger partial charge in [0.1, 0.15) is 17.4 Å². The average molecular weight is 313 g/mol. The van der Waals surface area contributed by atoms with Gasteiger partial charge >= 0.3 is 0 Å². The molecule has 0 bridgehead atoms. The maximum Gasteiger partial charge on any atom is 0.226 e. The van der Waals surface area contributed by atoms with Crippen LogP contribution in [0, 0.1) is 11.6 Å². The van der Waals surface area contributed by atoms with Crippen molar-refractivity contribution in [2.24, 2.45) is 0 Å². The van der Waals surface area contributed by atoms with Gasteiger partial charge in [0, 0.05) is 18.8 Å². The van der Waals surface area contributed by atoms with Gasteiger partial charge in [0.15, 0.2) is 0 Å². The van der Waals surface area contributed by atoms with Crippen molar-refractivity contribution in [1.29, 1.82) is 0 Å². The fourth-order valence-corrected chi connectivity index (χ4v) is 1.94. The van der Waals surface area contributed by atoms with Crippen LogP contribution in [-0.4, -0.2) is 9.97 Å². The summed E-state index contributed by atoms with van der Waals surface area (Å²) in [5.74, 6) is 0.527. The van der Waals surface area contributed by atoms with Crippen LogP contribution in [-0.2, 0) is 6.54 Å². The van der Waals surface area contributed by atoms with Crippen LogP contribution in [0.15, 0.2) is 60.8 Å². The SMILES string of the molecule is Fc1ccc(Oc2ccnc(NCc3cccc(F)c3)n2)cc1. The highest BCUT2D eigenvalue weighted by Gasteiger charge is 2.03. The van der Waals surface area contributed by atoms with Crippen molar-refractivity contribution in [2.45, 2.75) is 6.54 Å². The lowest BCUT2D eigenvalue weighted by Crippen LogP contribution is -2.04. The maximum atomic E-state index is 13.1. The van der Waals surface area contributed by atoms with E-state index in [1.807, 2.05) is 0 Å². The van der Waals surface area contributed by atoms with E-state index < -0.39 is 0 Å². The number of hydrogen-bond donors (Lipinski definition) is 1. The van der Waals surface area contributed by atoms with E-state index in [4.69, 9.17) is 4.74 Å². The second kappa shape index (κ2) is 6.83. The number of rotatable bonds is 5. The third kappa shape index (κ3) is 4.23. The van der Waals surface area contributed by atoms with Gasteiger partial charge in [0.2, 0.25) is 11.8 Å². The molecule has 0 unspecified atom stereocenters. The van der Waals surface area contributed by atoms with E-state index in [1.165, 1.54) is 36.4 Å². The van der Waals surface area contributed by atoms with Crippen molar-refractivity contribution in [3.05, 3.63) is 78.0 Å². The van der Waals surface area contributed by atoms with Crippen LogP contribution in [0.2, 0.25) is 0 Å². The molecule has 1 N–H and O–H groups in total. The highest BCUT2D eigenvalue weighted by molar-refractivity contribution is 5.32. The summed E-state index contributed by atoms with van der Waals surface area (Å²) in [6.45, 7) is 0.387. The zero-order valence-electron chi connectivity index (χ0n) is 12.0. The topological polar surface area (TPSA) is 47.0 Å². The van der Waals surface area contributed by atoms with Gasteiger partial charge in [-0.05, 0) is 42.0 Å². The number of benzene rings is 2. The Hall–Kier alpha value is -3.02. The van der Waals surface area contributed by atoms with Gasteiger partial charge in [-0.3, -0.25) is 0 Å². The van der Waals surface area contributed by atoms with E-state index in [9.17, 15) is 8.78 Å². The Labute approximate surface area is 131 Å². The van der Waals surface area contributed by atoms with Crippen molar-refractivity contribution in [1.82, 2.24) is 9.97 Å². The standard InChI is InChI=1S/C17H13F2N3O/c18-13-4-6-15(7-5-13)23-16-8-9-20-17(22-16)21-11-12-2-1-3-14(19)10-12/h1-10H,11H2,(H,20,21,22). The fraction of sp³-hybridized carbons (Fsp3) is 0.0588. The molecular formula is C17H13F2N3O. The van der Waals surface area contributed by atoms with Crippen LogP contribution in [0.5, 0.6) is 11.6 Å². The van der Waals surface area contributed by atoms with Gasteiger partial charge in [-0.1, -0.05) is 12.1 Å². The van der Waals surface area contributed by atoms with Crippen molar-refractivity contribution in [3.63, 3.8) is 0 Å². The Balaban J connectivity index is 1.66. The van der Waals surface area contributed by atoms with Crippen LogP contribution in [0.25, 0.3) is 0 Å². The normalized spacial score (nSPS) is 10.3. The highest BCUT2D eigenvalue weighted by atomic mass is 19.1. The first kappa shape index (κ1) is 14.9. The first-order valence-corrected chi connectivity index (χ1v) is 6.94. The highest BCUT2D eigenvalue weighted by Crippen LogP contribution is 2.20. The number of ether oxygens (including phenoxy) is 1. The summed E-state index contributed by atoms with van der Waals surface area (Å²) in [6.07, 6.45) is 1.54. The molecule has 0 radical (unpaired) electrons. The smallest absolute Gasteiger partial charge is 0.226 e.